The average molecular weight is 251 g/mol. The zero-order valence-electron chi connectivity index (χ0n) is 10.0. The van der Waals surface area contributed by atoms with E-state index >= 15 is 0 Å². The minimum absolute atomic E-state index is 0.821. The van der Waals surface area contributed by atoms with Crippen molar-refractivity contribution in [3.8, 4) is 0 Å². The largest absolute Gasteiger partial charge is 0.314 e. The first-order valence-corrected chi connectivity index (χ1v) is 7.02. The predicted octanol–water partition coefficient (Wildman–Crippen LogP) is 3.06. The SMILES string of the molecule is Clc1cnccc1CC1CCC1CNC1CC1. The zero-order chi connectivity index (χ0) is 11.7. The number of hydrogen-bond acceptors (Lipinski definition) is 2. The van der Waals surface area contributed by atoms with E-state index in [-0.39, 0.29) is 0 Å². The molecule has 0 amide bonds. The molecule has 2 atom stereocenters. The van der Waals surface area contributed by atoms with Crippen molar-refractivity contribution in [1.29, 1.82) is 0 Å². The second-order valence-corrected chi connectivity index (χ2v) is 5.86. The zero-order valence-corrected chi connectivity index (χ0v) is 10.8. The summed E-state index contributed by atoms with van der Waals surface area (Å²) >= 11 is 6.16. The van der Waals surface area contributed by atoms with Crippen molar-refractivity contribution in [2.75, 3.05) is 6.54 Å². The topological polar surface area (TPSA) is 24.9 Å². The highest BCUT2D eigenvalue weighted by Crippen LogP contribution is 2.37. The standard InChI is InChI=1S/C14H19ClN2/c15-14-9-16-6-5-11(14)7-10-1-2-12(10)8-17-13-3-4-13/h5-6,9-10,12-13,17H,1-4,7-8H2. The number of rotatable bonds is 5. The van der Waals surface area contributed by atoms with Crippen molar-refractivity contribution in [3.63, 3.8) is 0 Å². The monoisotopic (exact) mass is 250 g/mol. The Kier molecular flexibility index (Phi) is 3.34. The second kappa shape index (κ2) is 4.95. The van der Waals surface area contributed by atoms with Gasteiger partial charge in [0.25, 0.3) is 0 Å². The Labute approximate surface area is 108 Å². The second-order valence-electron chi connectivity index (χ2n) is 5.45. The molecule has 2 unspecified atom stereocenters. The fourth-order valence-electron chi connectivity index (χ4n) is 2.63. The molecule has 92 valence electrons. The Hall–Kier alpha value is -0.600. The Morgan fingerprint density at radius 3 is 2.71 bits per heavy atom. The van der Waals surface area contributed by atoms with Gasteiger partial charge in [0.1, 0.15) is 0 Å². The first kappa shape index (κ1) is 11.5. The number of halogens is 1. The molecule has 2 aliphatic carbocycles. The maximum Gasteiger partial charge on any atom is 0.0621 e. The summed E-state index contributed by atoms with van der Waals surface area (Å²) in [6.45, 7) is 1.21. The van der Waals surface area contributed by atoms with E-state index in [1.165, 1.54) is 37.8 Å². The lowest BCUT2D eigenvalue weighted by molar-refractivity contribution is 0.170. The van der Waals surface area contributed by atoms with Crippen LogP contribution in [-0.4, -0.2) is 17.6 Å². The van der Waals surface area contributed by atoms with E-state index in [0.717, 1.165) is 29.3 Å². The highest BCUT2D eigenvalue weighted by molar-refractivity contribution is 6.31. The van der Waals surface area contributed by atoms with Crippen LogP contribution in [-0.2, 0) is 6.42 Å². The third kappa shape index (κ3) is 2.80. The molecule has 1 heterocycles. The van der Waals surface area contributed by atoms with Crippen LogP contribution in [0.25, 0.3) is 0 Å². The first-order chi connectivity index (χ1) is 8.33. The van der Waals surface area contributed by atoms with Crippen LogP contribution in [0.5, 0.6) is 0 Å². The molecule has 0 aromatic carbocycles. The Morgan fingerprint density at radius 1 is 1.24 bits per heavy atom. The third-order valence-electron chi connectivity index (χ3n) is 4.16. The van der Waals surface area contributed by atoms with E-state index < -0.39 is 0 Å². The molecule has 17 heavy (non-hydrogen) atoms. The molecule has 2 aliphatic rings. The molecule has 3 heteroatoms. The van der Waals surface area contributed by atoms with E-state index in [1.54, 1.807) is 6.20 Å². The minimum atomic E-state index is 0.821. The Balaban J connectivity index is 1.52. The van der Waals surface area contributed by atoms with Crippen molar-refractivity contribution in [1.82, 2.24) is 10.3 Å². The van der Waals surface area contributed by atoms with Gasteiger partial charge in [0.05, 0.1) is 5.02 Å². The van der Waals surface area contributed by atoms with Crippen LogP contribution in [0.3, 0.4) is 0 Å². The van der Waals surface area contributed by atoms with E-state index in [0.29, 0.717) is 0 Å². The van der Waals surface area contributed by atoms with Gasteiger partial charge in [-0.15, -0.1) is 0 Å². The van der Waals surface area contributed by atoms with Crippen molar-refractivity contribution in [3.05, 3.63) is 29.0 Å². The molecule has 0 spiro atoms. The summed E-state index contributed by atoms with van der Waals surface area (Å²) in [7, 11) is 0. The normalized spacial score (nSPS) is 27.8. The van der Waals surface area contributed by atoms with Crippen molar-refractivity contribution < 1.29 is 0 Å². The summed E-state index contributed by atoms with van der Waals surface area (Å²) in [6, 6.07) is 2.90. The highest BCUT2D eigenvalue weighted by Gasteiger charge is 2.32. The molecular formula is C14H19ClN2. The third-order valence-corrected chi connectivity index (χ3v) is 4.50. The summed E-state index contributed by atoms with van der Waals surface area (Å²) < 4.78 is 0. The van der Waals surface area contributed by atoms with Gasteiger partial charge in [-0.05, 0) is 62.1 Å². The van der Waals surface area contributed by atoms with Gasteiger partial charge in [0.15, 0.2) is 0 Å². The van der Waals surface area contributed by atoms with Crippen molar-refractivity contribution in [2.45, 2.75) is 38.1 Å². The van der Waals surface area contributed by atoms with Gasteiger partial charge >= 0.3 is 0 Å². The van der Waals surface area contributed by atoms with Gasteiger partial charge in [-0.25, -0.2) is 0 Å². The molecule has 0 bridgehead atoms. The summed E-state index contributed by atoms with van der Waals surface area (Å²) in [5.41, 5.74) is 1.27. The van der Waals surface area contributed by atoms with Crippen LogP contribution in [0.2, 0.25) is 5.02 Å². The Bertz CT molecular complexity index is 390. The highest BCUT2D eigenvalue weighted by atomic mass is 35.5. The fourth-order valence-corrected chi connectivity index (χ4v) is 2.83. The molecule has 2 saturated carbocycles. The maximum absolute atomic E-state index is 6.16. The van der Waals surface area contributed by atoms with E-state index in [1.807, 2.05) is 6.20 Å². The van der Waals surface area contributed by atoms with Gasteiger partial charge in [0.2, 0.25) is 0 Å². The number of nitrogens with one attached hydrogen (secondary N) is 1. The van der Waals surface area contributed by atoms with Crippen molar-refractivity contribution >= 4 is 11.6 Å². The smallest absolute Gasteiger partial charge is 0.0621 e. The molecule has 2 fully saturated rings. The fraction of sp³-hybridized carbons (Fsp3) is 0.643. The summed E-state index contributed by atoms with van der Waals surface area (Å²) in [5, 5.41) is 4.47. The van der Waals surface area contributed by atoms with Gasteiger partial charge in [-0.1, -0.05) is 11.6 Å². The van der Waals surface area contributed by atoms with Crippen LogP contribution < -0.4 is 5.32 Å². The quantitative estimate of drug-likeness (QED) is 0.869. The summed E-state index contributed by atoms with van der Waals surface area (Å²) in [4.78, 5) is 4.04. The van der Waals surface area contributed by atoms with Crippen LogP contribution in [0.4, 0.5) is 0 Å². The van der Waals surface area contributed by atoms with Crippen LogP contribution in [0, 0.1) is 11.8 Å². The van der Waals surface area contributed by atoms with E-state index in [9.17, 15) is 0 Å². The number of hydrogen-bond donors (Lipinski definition) is 1. The van der Waals surface area contributed by atoms with Gasteiger partial charge in [0, 0.05) is 18.4 Å². The first-order valence-electron chi connectivity index (χ1n) is 6.64. The van der Waals surface area contributed by atoms with E-state index in [4.69, 9.17) is 11.6 Å². The molecule has 2 nitrogen and oxygen atoms in total. The molecule has 0 aliphatic heterocycles. The molecule has 0 saturated heterocycles. The van der Waals surface area contributed by atoms with Gasteiger partial charge < -0.3 is 5.32 Å². The Morgan fingerprint density at radius 2 is 2.06 bits per heavy atom. The van der Waals surface area contributed by atoms with Crippen LogP contribution in [0.1, 0.15) is 31.2 Å². The van der Waals surface area contributed by atoms with E-state index in [2.05, 4.69) is 16.4 Å². The lowest BCUT2D eigenvalue weighted by atomic mass is 9.71. The molecule has 0 radical (unpaired) electrons. The van der Waals surface area contributed by atoms with Crippen LogP contribution >= 0.6 is 11.6 Å². The number of pyridine rings is 1. The van der Waals surface area contributed by atoms with Gasteiger partial charge in [-0.3, -0.25) is 4.98 Å². The average Bonchev–Trinajstić information content (AvgIpc) is 3.11. The minimum Gasteiger partial charge on any atom is -0.314 e. The number of aromatic nitrogens is 1. The molecule has 3 rings (SSSR count). The molecule has 1 N–H and O–H groups in total. The molecule has 1 aromatic rings. The van der Waals surface area contributed by atoms with Gasteiger partial charge in [-0.2, -0.15) is 0 Å². The maximum atomic E-state index is 6.16. The molecule has 1 aromatic heterocycles. The summed E-state index contributed by atoms with van der Waals surface area (Å²) in [5.74, 6) is 1.68. The lowest BCUT2D eigenvalue weighted by Crippen LogP contribution is -2.37. The number of nitrogens with zero attached hydrogens (tertiary/aromatic N) is 1. The summed E-state index contributed by atoms with van der Waals surface area (Å²) in [6.07, 6.45) is 10.2. The van der Waals surface area contributed by atoms with Crippen molar-refractivity contribution in [2.24, 2.45) is 11.8 Å². The molecular weight excluding hydrogens is 232 g/mol. The van der Waals surface area contributed by atoms with Crippen LogP contribution in [0.15, 0.2) is 18.5 Å². The predicted molar refractivity (Wildman–Crippen MR) is 70.2 cm³/mol. The lowest BCUT2D eigenvalue weighted by Gasteiger charge is -2.37.